The van der Waals surface area contributed by atoms with E-state index in [-0.39, 0.29) is 0 Å². The molecule has 0 fully saturated rings. The second kappa shape index (κ2) is 22.3. The van der Waals surface area contributed by atoms with Gasteiger partial charge in [0.15, 0.2) is 0 Å². The van der Waals surface area contributed by atoms with Gasteiger partial charge < -0.3 is 19.1 Å². The first-order valence-electron chi connectivity index (χ1n) is 31.5. The van der Waals surface area contributed by atoms with Crippen molar-refractivity contribution >= 4 is 132 Å². The van der Waals surface area contributed by atoms with Crippen molar-refractivity contribution in [3.8, 4) is 34.5 Å². The summed E-state index contributed by atoms with van der Waals surface area (Å²) in [6, 6.07) is 69.1. The van der Waals surface area contributed by atoms with Gasteiger partial charge in [-0.15, -0.1) is 0 Å². The van der Waals surface area contributed by atoms with E-state index in [4.69, 9.17) is 14.2 Å². The third-order valence-corrected chi connectivity index (χ3v) is 30.2. The van der Waals surface area contributed by atoms with Gasteiger partial charge in [0, 0.05) is 50.4 Å². The molecule has 0 aliphatic carbocycles. The van der Waals surface area contributed by atoms with E-state index in [1.165, 1.54) is 31.1 Å². The Morgan fingerprint density at radius 2 is 0.432 bits per heavy atom. The minimum Gasteiger partial charge on any atom is -0.456 e. The van der Waals surface area contributed by atoms with Gasteiger partial charge in [-0.3, -0.25) is 0 Å². The van der Waals surface area contributed by atoms with Crippen molar-refractivity contribution in [3.05, 3.63) is 232 Å². The molecule has 0 bridgehead atoms. The van der Waals surface area contributed by atoms with Crippen LogP contribution in [0.2, 0.25) is 118 Å². The number of nitrogens with zero attached hydrogens (tertiary/aromatic N) is 1. The number of anilines is 3. The first-order valence-corrected chi connectivity index (χ1v) is 52.5. The number of benzene rings is 9. The van der Waals surface area contributed by atoms with E-state index in [9.17, 15) is 0 Å². The molecule has 0 aromatic heterocycles. The van der Waals surface area contributed by atoms with Gasteiger partial charge in [0.25, 0.3) is 0 Å². The maximum Gasteiger partial charge on any atom is 0.135 e. The van der Waals surface area contributed by atoms with E-state index in [0.29, 0.717) is 0 Å². The Morgan fingerprint density at radius 1 is 0.227 bits per heavy atom. The standard InChI is InChI=1S/C78H87NO3Si6/c1-83(2,3)61-34-25-55-43-70(67-40-37-64(86(10,11)12)49-76(67)80-73(55)46-61)52-19-28-58(29-20-52)79(59-30-21-53(22-31-59)71-44-56-26-35-62(84(4,5)6)47-74(56)81-77-50-65(87(13,14)15)38-41-68(71)77)60-32-23-54(24-33-60)72-45-57-27-36-63(85(7,8)9)48-75(57)82-78-51-66(88(16,17)18)39-42-69(72)78/h19-51H,1-18H3. The average molecular weight is 1260 g/mol. The zero-order valence-corrected chi connectivity index (χ0v) is 61.2. The number of hydrogen-bond donors (Lipinski definition) is 0. The maximum atomic E-state index is 7.04. The van der Waals surface area contributed by atoms with Crippen LogP contribution in [0.1, 0.15) is 50.1 Å². The lowest BCUT2D eigenvalue weighted by Crippen LogP contribution is -2.37. The highest BCUT2D eigenvalue weighted by molar-refractivity contribution is 6.91. The third-order valence-electron chi connectivity index (χ3n) is 17.9. The summed E-state index contributed by atoms with van der Waals surface area (Å²) in [5.74, 6) is 5.56. The fourth-order valence-corrected chi connectivity index (χ4v) is 19.0. The maximum absolute atomic E-state index is 7.04. The van der Waals surface area contributed by atoms with E-state index in [1.54, 1.807) is 0 Å². The van der Waals surface area contributed by atoms with Crippen molar-refractivity contribution < 1.29 is 14.2 Å². The van der Waals surface area contributed by atoms with Gasteiger partial charge in [0.1, 0.15) is 34.5 Å². The zero-order valence-electron chi connectivity index (χ0n) is 55.2. The molecule has 0 saturated heterocycles. The Hall–Kier alpha value is -7.30. The molecule has 0 amide bonds. The highest BCUT2D eigenvalue weighted by Crippen LogP contribution is 2.46. The first kappa shape index (κ1) is 61.0. The molecule has 3 aliphatic heterocycles. The second-order valence-corrected chi connectivity index (χ2v) is 61.3. The van der Waals surface area contributed by atoms with Gasteiger partial charge in [0.2, 0.25) is 0 Å². The number of hydrogen-bond acceptors (Lipinski definition) is 4. The normalized spacial score (nSPS) is 14.0. The average Bonchev–Trinajstić information content (AvgIpc) is 2.74. The van der Waals surface area contributed by atoms with Crippen molar-refractivity contribution in [2.24, 2.45) is 0 Å². The highest BCUT2D eigenvalue weighted by atomic mass is 28.3. The Labute approximate surface area is 531 Å². The van der Waals surface area contributed by atoms with Crippen LogP contribution in [0.5, 0.6) is 34.5 Å². The van der Waals surface area contributed by atoms with E-state index in [0.717, 1.165) is 118 Å². The van der Waals surface area contributed by atoms with Crippen LogP contribution in [-0.4, -0.2) is 48.4 Å². The van der Waals surface area contributed by atoms with Crippen LogP contribution >= 0.6 is 0 Å². The molecule has 10 heteroatoms. The van der Waals surface area contributed by atoms with Crippen LogP contribution in [0, 0.1) is 0 Å². The van der Waals surface area contributed by atoms with E-state index >= 15 is 0 Å². The predicted octanol–water partition coefficient (Wildman–Crippen LogP) is 19.5. The fourth-order valence-electron chi connectivity index (χ4n) is 12.1. The van der Waals surface area contributed by atoms with Crippen LogP contribution in [0.4, 0.5) is 17.1 Å². The van der Waals surface area contributed by atoms with Gasteiger partial charge in [0.05, 0.1) is 48.4 Å². The van der Waals surface area contributed by atoms with Crippen molar-refractivity contribution in [1.82, 2.24) is 0 Å². The molecule has 4 nitrogen and oxygen atoms in total. The summed E-state index contributed by atoms with van der Waals surface area (Å²) in [5, 5.41) is 8.32. The van der Waals surface area contributed by atoms with Crippen molar-refractivity contribution in [2.45, 2.75) is 118 Å². The van der Waals surface area contributed by atoms with Gasteiger partial charge >= 0.3 is 0 Å². The smallest absolute Gasteiger partial charge is 0.135 e. The van der Waals surface area contributed by atoms with Gasteiger partial charge in [-0.2, -0.15) is 0 Å². The lowest BCUT2D eigenvalue weighted by molar-refractivity contribution is 0.482. The van der Waals surface area contributed by atoms with E-state index < -0.39 is 48.4 Å². The third kappa shape index (κ3) is 12.3. The molecule has 0 N–H and O–H groups in total. The van der Waals surface area contributed by atoms with Gasteiger partial charge in [-0.1, -0.05) is 258 Å². The Morgan fingerprint density at radius 3 is 0.648 bits per heavy atom. The van der Waals surface area contributed by atoms with E-state index in [1.807, 2.05) is 0 Å². The fraction of sp³-hybridized carbons (Fsp3) is 0.231. The quantitative estimate of drug-likeness (QED) is 0.114. The molecule has 9 aromatic carbocycles. The summed E-state index contributed by atoms with van der Waals surface area (Å²) in [7, 11) is -9.84. The monoisotopic (exact) mass is 1250 g/mol. The highest BCUT2D eigenvalue weighted by Gasteiger charge is 2.30. The molecule has 0 atom stereocenters. The SMILES string of the molecule is C[Si](C)(C)c1ccc2c(c1)Oc1cc([Si](C)(C)C)ccc1C(c1ccc(N(c3ccc(C4=Cc5ccc([Si](C)(C)C)cc5Oc5cc([Si](C)(C)C)ccc54)cc3)c3ccc(C4=Cc5ccc([Si](C)(C)C)cc5Oc5cc([Si](C)(C)C)ccc54)cc3)cc1)=C2. The lowest BCUT2D eigenvalue weighted by atomic mass is 9.94. The molecular weight excluding hydrogens is 1170 g/mol. The molecule has 12 rings (SSSR count). The molecular formula is C78H87NO3Si6. The van der Waals surface area contributed by atoms with Crippen LogP contribution in [0.15, 0.2) is 182 Å². The Kier molecular flexibility index (Phi) is 15.5. The summed E-state index contributed by atoms with van der Waals surface area (Å²) in [4.78, 5) is 2.40. The van der Waals surface area contributed by atoms with Crippen molar-refractivity contribution in [3.63, 3.8) is 0 Å². The summed E-state index contributed by atoms with van der Waals surface area (Å²) < 4.78 is 21.1. The summed E-state index contributed by atoms with van der Waals surface area (Å²) in [6.45, 7) is 43.3. The molecule has 0 saturated carbocycles. The minimum absolute atomic E-state index is 0.923. The Bertz CT molecular complexity index is 3880. The molecule has 9 aromatic rings. The summed E-state index contributed by atoms with van der Waals surface area (Å²) in [5.41, 5.74) is 16.6. The molecule has 3 aliphatic rings. The molecule has 88 heavy (non-hydrogen) atoms. The summed E-state index contributed by atoms with van der Waals surface area (Å²) >= 11 is 0. The van der Waals surface area contributed by atoms with Gasteiger partial charge in [-0.05, 0) is 124 Å². The zero-order chi connectivity index (χ0) is 62.6. The number of ether oxygens (including phenoxy) is 3. The van der Waals surface area contributed by atoms with E-state index in [2.05, 4.69) is 323 Å². The molecule has 0 unspecified atom stereocenters. The van der Waals surface area contributed by atoms with Crippen LogP contribution in [-0.2, 0) is 0 Å². The molecule has 0 radical (unpaired) electrons. The minimum atomic E-state index is -1.66. The molecule has 0 spiro atoms. The van der Waals surface area contributed by atoms with Gasteiger partial charge in [-0.25, -0.2) is 0 Å². The lowest BCUT2D eigenvalue weighted by Gasteiger charge is -2.27. The molecule has 3 heterocycles. The molecule has 446 valence electrons. The first-order chi connectivity index (χ1) is 41.3. The summed E-state index contributed by atoms with van der Waals surface area (Å²) in [6.07, 6.45) is 7.03. The largest absolute Gasteiger partial charge is 0.456 e. The number of rotatable bonds is 12. The number of fused-ring (bicyclic) bond motifs is 6. The topological polar surface area (TPSA) is 30.9 Å². The van der Waals surface area contributed by atoms with Crippen LogP contribution in [0.25, 0.3) is 34.9 Å². The second-order valence-electron chi connectivity index (χ2n) is 30.8. The van der Waals surface area contributed by atoms with Crippen LogP contribution in [0.3, 0.4) is 0 Å². The van der Waals surface area contributed by atoms with Crippen LogP contribution < -0.4 is 50.2 Å². The Balaban J connectivity index is 0.990. The van der Waals surface area contributed by atoms with Crippen molar-refractivity contribution in [1.29, 1.82) is 0 Å². The van der Waals surface area contributed by atoms with Crippen molar-refractivity contribution in [2.75, 3.05) is 4.90 Å². The predicted molar refractivity (Wildman–Crippen MR) is 399 cm³/mol.